The summed E-state index contributed by atoms with van der Waals surface area (Å²) in [7, 11) is 3.19. The van der Waals surface area contributed by atoms with Crippen molar-refractivity contribution in [2.24, 2.45) is 0 Å². The Labute approximate surface area is 130 Å². The zero-order chi connectivity index (χ0) is 16.9. The number of anilines is 2. The summed E-state index contributed by atoms with van der Waals surface area (Å²) in [5, 5.41) is 5.57. The van der Waals surface area contributed by atoms with E-state index in [4.69, 9.17) is 0 Å². The lowest BCUT2D eigenvalue weighted by molar-refractivity contribution is -0.134. The van der Waals surface area contributed by atoms with E-state index in [-0.39, 0.29) is 17.6 Å². The van der Waals surface area contributed by atoms with Gasteiger partial charge in [-0.1, -0.05) is 6.58 Å². The number of nitrogens with one attached hydrogen (secondary N) is 2. The van der Waals surface area contributed by atoms with Crippen LogP contribution >= 0.6 is 0 Å². The summed E-state index contributed by atoms with van der Waals surface area (Å²) >= 11 is 0. The lowest BCUT2D eigenvalue weighted by Gasteiger charge is -2.20. The molecular formula is C16H21N3O3. The van der Waals surface area contributed by atoms with Gasteiger partial charge in [-0.3, -0.25) is 14.4 Å². The number of hydrogen-bond acceptors (Lipinski definition) is 4. The first kappa shape index (κ1) is 17.4. The summed E-state index contributed by atoms with van der Waals surface area (Å²) < 4.78 is 0. The molecule has 0 bridgehead atoms. The molecule has 22 heavy (non-hydrogen) atoms. The lowest BCUT2D eigenvalue weighted by Crippen LogP contribution is -2.43. The van der Waals surface area contributed by atoms with Crippen LogP contribution in [0.2, 0.25) is 0 Å². The fraction of sp³-hybridized carbons (Fsp3) is 0.312. The minimum absolute atomic E-state index is 0.259. The Bertz CT molecular complexity index is 591. The Morgan fingerprint density at radius 1 is 1.05 bits per heavy atom. The minimum Gasteiger partial charge on any atom is -0.368 e. The van der Waals surface area contributed by atoms with Gasteiger partial charge in [-0.25, -0.2) is 0 Å². The van der Waals surface area contributed by atoms with Crippen LogP contribution in [0.4, 0.5) is 11.4 Å². The maximum atomic E-state index is 12.0. The van der Waals surface area contributed by atoms with E-state index in [1.165, 1.54) is 11.8 Å². The molecule has 1 unspecified atom stereocenters. The SMILES string of the molecule is C=C(C)C(=O)Nc1ccc(NC(C(C)=O)C(=O)N(C)C)cc1. The first-order chi connectivity index (χ1) is 10.2. The molecule has 118 valence electrons. The topological polar surface area (TPSA) is 78.5 Å². The zero-order valence-corrected chi connectivity index (χ0v) is 13.3. The van der Waals surface area contributed by atoms with Crippen LogP contribution in [0.1, 0.15) is 13.8 Å². The van der Waals surface area contributed by atoms with Gasteiger partial charge < -0.3 is 15.5 Å². The molecule has 0 radical (unpaired) electrons. The largest absolute Gasteiger partial charge is 0.368 e. The van der Waals surface area contributed by atoms with Crippen LogP contribution in [0.3, 0.4) is 0 Å². The predicted octanol–water partition coefficient (Wildman–Crippen LogP) is 1.66. The van der Waals surface area contributed by atoms with Crippen molar-refractivity contribution < 1.29 is 14.4 Å². The number of rotatable bonds is 6. The number of nitrogens with zero attached hydrogens (tertiary/aromatic N) is 1. The van der Waals surface area contributed by atoms with E-state index >= 15 is 0 Å². The average Bonchev–Trinajstić information content (AvgIpc) is 2.45. The number of ketones is 1. The highest BCUT2D eigenvalue weighted by molar-refractivity contribution is 6.06. The molecule has 0 aliphatic carbocycles. The summed E-state index contributed by atoms with van der Waals surface area (Å²) in [5.74, 6) is -0.837. The van der Waals surface area contributed by atoms with Crippen LogP contribution in [0.5, 0.6) is 0 Å². The fourth-order valence-corrected chi connectivity index (χ4v) is 1.65. The molecule has 0 heterocycles. The molecule has 2 amide bonds. The number of carbonyl (C=O) groups is 3. The summed E-state index contributed by atoms with van der Waals surface area (Å²) in [6.07, 6.45) is 0. The first-order valence-corrected chi connectivity index (χ1v) is 6.77. The molecule has 6 heteroatoms. The molecule has 1 aromatic rings. The fourth-order valence-electron chi connectivity index (χ4n) is 1.65. The Balaban J connectivity index is 2.81. The van der Waals surface area contributed by atoms with Crippen molar-refractivity contribution in [3.63, 3.8) is 0 Å². The smallest absolute Gasteiger partial charge is 0.252 e. The quantitative estimate of drug-likeness (QED) is 0.619. The Morgan fingerprint density at radius 2 is 1.55 bits per heavy atom. The van der Waals surface area contributed by atoms with E-state index in [9.17, 15) is 14.4 Å². The Morgan fingerprint density at radius 3 is 1.95 bits per heavy atom. The molecule has 0 spiro atoms. The standard InChI is InChI=1S/C16H21N3O3/c1-10(2)15(21)18-13-8-6-12(7-9-13)17-14(11(3)20)16(22)19(4)5/h6-9,14,17H,1H2,2-5H3,(H,18,21). The number of carbonyl (C=O) groups excluding carboxylic acids is 3. The van der Waals surface area contributed by atoms with Crippen molar-refractivity contribution in [3.8, 4) is 0 Å². The third-order valence-corrected chi connectivity index (χ3v) is 2.94. The maximum absolute atomic E-state index is 12.0. The number of Topliss-reactive ketones (excluding diaryl/α,β-unsaturated/α-hetero) is 1. The van der Waals surface area contributed by atoms with Gasteiger partial charge in [-0.15, -0.1) is 0 Å². The van der Waals surface area contributed by atoms with E-state index in [1.54, 1.807) is 45.3 Å². The summed E-state index contributed by atoms with van der Waals surface area (Å²) in [6.45, 7) is 6.54. The van der Waals surface area contributed by atoms with Crippen LogP contribution in [0, 0.1) is 0 Å². The molecule has 0 aliphatic heterocycles. The highest BCUT2D eigenvalue weighted by Gasteiger charge is 2.24. The van der Waals surface area contributed by atoms with Crippen molar-refractivity contribution in [1.29, 1.82) is 0 Å². The minimum atomic E-state index is -0.925. The highest BCUT2D eigenvalue weighted by Crippen LogP contribution is 2.15. The van der Waals surface area contributed by atoms with Gasteiger partial charge in [0.25, 0.3) is 11.8 Å². The zero-order valence-electron chi connectivity index (χ0n) is 13.3. The molecule has 0 aliphatic rings. The molecule has 0 saturated heterocycles. The first-order valence-electron chi connectivity index (χ1n) is 6.77. The molecule has 0 aromatic heterocycles. The Hall–Kier alpha value is -2.63. The molecule has 1 atom stereocenters. The number of hydrogen-bond donors (Lipinski definition) is 2. The average molecular weight is 303 g/mol. The van der Waals surface area contributed by atoms with Gasteiger partial charge in [0.05, 0.1) is 0 Å². The molecule has 1 rings (SSSR count). The van der Waals surface area contributed by atoms with Crippen LogP contribution in [-0.4, -0.2) is 42.6 Å². The van der Waals surface area contributed by atoms with Gasteiger partial charge in [0.15, 0.2) is 11.8 Å². The van der Waals surface area contributed by atoms with E-state index in [1.807, 2.05) is 0 Å². The Kier molecular flexibility index (Phi) is 5.86. The van der Waals surface area contributed by atoms with Crippen LogP contribution in [0.25, 0.3) is 0 Å². The van der Waals surface area contributed by atoms with Gasteiger partial charge in [-0.05, 0) is 38.1 Å². The van der Waals surface area contributed by atoms with E-state index in [0.29, 0.717) is 16.9 Å². The number of benzene rings is 1. The molecule has 0 saturated carbocycles. The van der Waals surface area contributed by atoms with Crippen molar-refractivity contribution in [3.05, 3.63) is 36.4 Å². The molecule has 2 N–H and O–H groups in total. The number of likely N-dealkylation sites (N-methyl/N-ethyl adjacent to an activating group) is 1. The van der Waals surface area contributed by atoms with Crippen LogP contribution in [0.15, 0.2) is 36.4 Å². The molecule has 1 aromatic carbocycles. The van der Waals surface area contributed by atoms with Crippen molar-refractivity contribution in [1.82, 2.24) is 4.90 Å². The normalized spacial score (nSPS) is 11.3. The second-order valence-corrected chi connectivity index (χ2v) is 5.23. The van der Waals surface area contributed by atoms with Crippen molar-refractivity contribution >= 4 is 29.0 Å². The van der Waals surface area contributed by atoms with Crippen LogP contribution in [-0.2, 0) is 14.4 Å². The summed E-state index contributed by atoms with van der Waals surface area (Å²) in [5.41, 5.74) is 1.64. The predicted molar refractivity (Wildman–Crippen MR) is 86.7 cm³/mol. The summed E-state index contributed by atoms with van der Waals surface area (Å²) in [6, 6.07) is 5.81. The molecule has 6 nitrogen and oxygen atoms in total. The highest BCUT2D eigenvalue weighted by atomic mass is 16.2. The van der Waals surface area contributed by atoms with Gasteiger partial charge in [0.1, 0.15) is 0 Å². The second kappa shape index (κ2) is 7.40. The third kappa shape index (κ3) is 4.73. The molecular weight excluding hydrogens is 282 g/mol. The lowest BCUT2D eigenvalue weighted by atomic mass is 10.1. The third-order valence-electron chi connectivity index (χ3n) is 2.94. The molecule has 0 fully saturated rings. The van der Waals surface area contributed by atoms with Gasteiger partial charge >= 0.3 is 0 Å². The monoisotopic (exact) mass is 303 g/mol. The van der Waals surface area contributed by atoms with Crippen molar-refractivity contribution in [2.45, 2.75) is 19.9 Å². The number of amides is 2. The van der Waals surface area contributed by atoms with Crippen LogP contribution < -0.4 is 10.6 Å². The maximum Gasteiger partial charge on any atom is 0.252 e. The van der Waals surface area contributed by atoms with E-state index in [2.05, 4.69) is 17.2 Å². The van der Waals surface area contributed by atoms with Crippen molar-refractivity contribution in [2.75, 3.05) is 24.7 Å². The van der Waals surface area contributed by atoms with Gasteiger partial charge in [0, 0.05) is 31.0 Å². The van der Waals surface area contributed by atoms with E-state index in [0.717, 1.165) is 0 Å². The van der Waals surface area contributed by atoms with Gasteiger partial charge in [0.2, 0.25) is 0 Å². The van der Waals surface area contributed by atoms with Gasteiger partial charge in [-0.2, -0.15) is 0 Å². The van der Waals surface area contributed by atoms with E-state index < -0.39 is 6.04 Å². The second-order valence-electron chi connectivity index (χ2n) is 5.23. The summed E-state index contributed by atoms with van der Waals surface area (Å²) in [4.78, 5) is 36.4.